The molecule has 0 spiro atoms. The second kappa shape index (κ2) is 7.70. The lowest BCUT2D eigenvalue weighted by Gasteiger charge is -2.18. The number of rotatable bonds is 7. The molecule has 0 heterocycles. The Morgan fingerprint density at radius 3 is 2.08 bits per heavy atom. The van der Waals surface area contributed by atoms with Gasteiger partial charge in [0.25, 0.3) is 0 Å². The van der Waals surface area contributed by atoms with E-state index >= 15 is 0 Å². The van der Waals surface area contributed by atoms with Crippen LogP contribution in [0.15, 0.2) is 48.5 Å². The first-order chi connectivity index (χ1) is 12.5. The highest BCUT2D eigenvalue weighted by Gasteiger charge is 2.29. The minimum atomic E-state index is -0.966. The van der Waals surface area contributed by atoms with E-state index in [1.165, 1.54) is 11.1 Å². The summed E-state index contributed by atoms with van der Waals surface area (Å²) in [5, 5.41) is 11.9. The van der Waals surface area contributed by atoms with E-state index < -0.39 is 18.0 Å². The van der Waals surface area contributed by atoms with Gasteiger partial charge in [-0.25, -0.2) is 0 Å². The average molecular weight is 353 g/mol. The zero-order valence-electron chi connectivity index (χ0n) is 14.9. The Bertz CT molecular complexity index is 770. The van der Waals surface area contributed by atoms with E-state index in [4.69, 9.17) is 9.84 Å². The standard InChI is InChI=1S/C21H23NO4/c1-13(2)20(21(24)25)22-11-19(23)26-12-18-16-9-5-3-7-14(16)15-8-4-6-10-17(15)18/h3-10,13,18,20,22H,11-12H2,1-2H3,(H,24,25)/t20-/m0/s1. The largest absolute Gasteiger partial charge is 0.480 e. The highest BCUT2D eigenvalue weighted by atomic mass is 16.5. The molecule has 1 aliphatic rings. The van der Waals surface area contributed by atoms with Gasteiger partial charge in [0.15, 0.2) is 0 Å². The molecule has 0 amide bonds. The fourth-order valence-corrected chi connectivity index (χ4v) is 3.47. The number of carboxylic acids is 1. The zero-order chi connectivity index (χ0) is 18.7. The number of aliphatic carboxylic acids is 1. The second-order valence-electron chi connectivity index (χ2n) is 6.85. The Labute approximate surface area is 153 Å². The third-order valence-corrected chi connectivity index (χ3v) is 4.77. The predicted molar refractivity (Wildman–Crippen MR) is 98.9 cm³/mol. The number of nitrogens with one attached hydrogen (secondary N) is 1. The number of fused-ring (bicyclic) bond motifs is 3. The number of hydrogen-bond donors (Lipinski definition) is 2. The number of ether oxygens (including phenoxy) is 1. The van der Waals surface area contributed by atoms with Crippen LogP contribution in [0.5, 0.6) is 0 Å². The summed E-state index contributed by atoms with van der Waals surface area (Å²) in [4.78, 5) is 23.3. The molecule has 0 saturated heterocycles. The summed E-state index contributed by atoms with van der Waals surface area (Å²) in [5.74, 6) is -1.52. The van der Waals surface area contributed by atoms with Crippen molar-refractivity contribution in [3.05, 3.63) is 59.7 Å². The van der Waals surface area contributed by atoms with E-state index in [1.54, 1.807) is 13.8 Å². The minimum absolute atomic E-state index is 0.00622. The molecule has 5 heteroatoms. The molecule has 26 heavy (non-hydrogen) atoms. The van der Waals surface area contributed by atoms with Crippen LogP contribution < -0.4 is 5.32 Å². The van der Waals surface area contributed by atoms with Crippen molar-refractivity contribution in [1.29, 1.82) is 0 Å². The SMILES string of the molecule is CC(C)[C@H](NCC(=O)OCC1c2ccccc2-c2ccccc21)C(=O)O. The maximum absolute atomic E-state index is 12.1. The van der Waals surface area contributed by atoms with E-state index in [9.17, 15) is 9.59 Å². The van der Waals surface area contributed by atoms with Crippen molar-refractivity contribution >= 4 is 11.9 Å². The smallest absolute Gasteiger partial charge is 0.320 e. The summed E-state index contributed by atoms with van der Waals surface area (Å²) in [6, 6.07) is 15.5. The molecular formula is C21H23NO4. The molecule has 1 atom stereocenters. The number of carbonyl (C=O) groups excluding carboxylic acids is 1. The van der Waals surface area contributed by atoms with Crippen LogP contribution in [-0.2, 0) is 14.3 Å². The van der Waals surface area contributed by atoms with Gasteiger partial charge in [0.05, 0.1) is 6.54 Å². The second-order valence-corrected chi connectivity index (χ2v) is 6.85. The van der Waals surface area contributed by atoms with Gasteiger partial charge >= 0.3 is 11.9 Å². The van der Waals surface area contributed by atoms with Gasteiger partial charge in [-0.3, -0.25) is 14.9 Å². The molecule has 0 aliphatic heterocycles. The number of carboxylic acid groups (broad SMARTS) is 1. The molecule has 0 aromatic heterocycles. The van der Waals surface area contributed by atoms with E-state index in [1.807, 2.05) is 24.3 Å². The van der Waals surface area contributed by atoms with Crippen LogP contribution in [0.3, 0.4) is 0 Å². The third kappa shape index (κ3) is 3.63. The summed E-state index contributed by atoms with van der Waals surface area (Å²) in [6.07, 6.45) is 0. The fourth-order valence-electron chi connectivity index (χ4n) is 3.47. The molecule has 0 saturated carbocycles. The minimum Gasteiger partial charge on any atom is -0.480 e. The van der Waals surface area contributed by atoms with Crippen LogP contribution in [0.2, 0.25) is 0 Å². The topological polar surface area (TPSA) is 75.6 Å². The average Bonchev–Trinajstić information content (AvgIpc) is 2.93. The molecule has 3 rings (SSSR count). The summed E-state index contributed by atoms with van der Waals surface area (Å²) in [5.41, 5.74) is 4.65. The van der Waals surface area contributed by atoms with Crippen LogP contribution in [0, 0.1) is 5.92 Å². The highest BCUT2D eigenvalue weighted by Crippen LogP contribution is 2.44. The van der Waals surface area contributed by atoms with Crippen molar-refractivity contribution < 1.29 is 19.4 Å². The molecule has 0 radical (unpaired) electrons. The van der Waals surface area contributed by atoms with E-state index in [-0.39, 0.29) is 25.0 Å². The lowest BCUT2D eigenvalue weighted by atomic mass is 9.98. The van der Waals surface area contributed by atoms with Gasteiger partial charge in [0.2, 0.25) is 0 Å². The van der Waals surface area contributed by atoms with E-state index in [2.05, 4.69) is 29.6 Å². The van der Waals surface area contributed by atoms with E-state index in [0.29, 0.717) is 0 Å². The first kappa shape index (κ1) is 18.1. The Balaban J connectivity index is 1.65. The van der Waals surface area contributed by atoms with Gasteiger partial charge in [-0.15, -0.1) is 0 Å². The quantitative estimate of drug-likeness (QED) is 0.748. The molecule has 0 bridgehead atoms. The van der Waals surface area contributed by atoms with Gasteiger partial charge in [-0.05, 0) is 28.2 Å². The van der Waals surface area contributed by atoms with Crippen LogP contribution in [0.4, 0.5) is 0 Å². The van der Waals surface area contributed by atoms with Gasteiger partial charge in [-0.1, -0.05) is 62.4 Å². The predicted octanol–water partition coefficient (Wildman–Crippen LogP) is 3.04. The van der Waals surface area contributed by atoms with Gasteiger partial charge in [-0.2, -0.15) is 0 Å². The molecule has 0 fully saturated rings. The molecule has 0 unspecified atom stereocenters. The van der Waals surface area contributed by atoms with Gasteiger partial charge in [0, 0.05) is 5.92 Å². The number of hydrogen-bond acceptors (Lipinski definition) is 4. The summed E-state index contributed by atoms with van der Waals surface area (Å²) >= 11 is 0. The Morgan fingerprint density at radius 1 is 1.04 bits per heavy atom. The van der Waals surface area contributed by atoms with Gasteiger partial charge in [0.1, 0.15) is 12.6 Å². The Kier molecular flexibility index (Phi) is 5.38. The Hall–Kier alpha value is -2.66. The molecule has 2 aromatic carbocycles. The normalized spacial score (nSPS) is 14.0. The first-order valence-corrected chi connectivity index (χ1v) is 8.79. The van der Waals surface area contributed by atoms with Gasteiger partial charge < -0.3 is 9.84 Å². The van der Waals surface area contributed by atoms with Crippen LogP contribution >= 0.6 is 0 Å². The first-order valence-electron chi connectivity index (χ1n) is 8.79. The van der Waals surface area contributed by atoms with Crippen molar-refractivity contribution in [2.75, 3.05) is 13.2 Å². The third-order valence-electron chi connectivity index (χ3n) is 4.77. The van der Waals surface area contributed by atoms with E-state index in [0.717, 1.165) is 11.1 Å². The van der Waals surface area contributed by atoms with Crippen LogP contribution in [-0.4, -0.2) is 36.2 Å². The van der Waals surface area contributed by atoms with Crippen molar-refractivity contribution in [1.82, 2.24) is 5.32 Å². The monoisotopic (exact) mass is 353 g/mol. The molecular weight excluding hydrogens is 330 g/mol. The summed E-state index contributed by atoms with van der Waals surface area (Å²) in [7, 11) is 0. The molecule has 2 N–H and O–H groups in total. The van der Waals surface area contributed by atoms with Crippen LogP contribution in [0.25, 0.3) is 11.1 Å². The summed E-state index contributed by atoms with van der Waals surface area (Å²) in [6.45, 7) is 3.71. The number of carbonyl (C=O) groups is 2. The molecule has 136 valence electrons. The van der Waals surface area contributed by atoms with Crippen molar-refractivity contribution in [2.45, 2.75) is 25.8 Å². The molecule has 1 aliphatic carbocycles. The number of benzene rings is 2. The Morgan fingerprint density at radius 2 is 1.58 bits per heavy atom. The highest BCUT2D eigenvalue weighted by molar-refractivity contribution is 5.79. The lowest BCUT2D eigenvalue weighted by molar-refractivity contribution is -0.144. The van der Waals surface area contributed by atoms with Crippen LogP contribution in [0.1, 0.15) is 30.9 Å². The zero-order valence-corrected chi connectivity index (χ0v) is 14.9. The molecule has 2 aromatic rings. The van der Waals surface area contributed by atoms with Crippen molar-refractivity contribution in [3.63, 3.8) is 0 Å². The molecule has 5 nitrogen and oxygen atoms in total. The fraction of sp³-hybridized carbons (Fsp3) is 0.333. The van der Waals surface area contributed by atoms with Crippen molar-refractivity contribution in [2.24, 2.45) is 5.92 Å². The number of esters is 1. The lowest BCUT2D eigenvalue weighted by Crippen LogP contribution is -2.43. The maximum atomic E-state index is 12.1. The summed E-state index contributed by atoms with van der Waals surface area (Å²) < 4.78 is 5.46. The maximum Gasteiger partial charge on any atom is 0.320 e. The van der Waals surface area contributed by atoms with Crippen molar-refractivity contribution in [3.8, 4) is 11.1 Å².